The minimum Gasteiger partial charge on any atom is -0.465 e. The van der Waals surface area contributed by atoms with Gasteiger partial charge in [0.05, 0.1) is 30.4 Å². The van der Waals surface area contributed by atoms with Gasteiger partial charge in [-0.1, -0.05) is 26.0 Å². The van der Waals surface area contributed by atoms with E-state index in [0.717, 1.165) is 29.5 Å². The summed E-state index contributed by atoms with van der Waals surface area (Å²) < 4.78 is 11.4. The molecule has 33 heavy (non-hydrogen) atoms. The SMILES string of the molecule is Cc1ccc(C(CNC(=O)C(CC(C)C)N2C(=O)c3ccccc3C2=O)N2CCOCC2)o1. The first-order valence-corrected chi connectivity index (χ1v) is 11.5. The fraction of sp³-hybridized carbons (Fsp3) is 0.480. The molecule has 1 aromatic heterocycles. The number of nitrogens with zero attached hydrogens (tertiary/aromatic N) is 2. The lowest BCUT2D eigenvalue weighted by atomic mass is 10.0. The summed E-state index contributed by atoms with van der Waals surface area (Å²) in [6.07, 6.45) is 0.388. The lowest BCUT2D eigenvalue weighted by molar-refractivity contribution is -0.126. The van der Waals surface area contributed by atoms with Crippen molar-refractivity contribution in [1.82, 2.24) is 15.1 Å². The van der Waals surface area contributed by atoms with E-state index in [4.69, 9.17) is 9.15 Å². The number of amides is 3. The van der Waals surface area contributed by atoms with E-state index in [1.807, 2.05) is 32.9 Å². The predicted octanol–water partition coefficient (Wildman–Crippen LogP) is 2.79. The van der Waals surface area contributed by atoms with Crippen molar-refractivity contribution in [3.8, 4) is 0 Å². The van der Waals surface area contributed by atoms with Gasteiger partial charge < -0.3 is 14.5 Å². The molecule has 2 atom stereocenters. The van der Waals surface area contributed by atoms with Crippen LogP contribution in [0.25, 0.3) is 0 Å². The Balaban J connectivity index is 1.53. The molecule has 0 bridgehead atoms. The Morgan fingerprint density at radius 2 is 1.67 bits per heavy atom. The molecule has 1 N–H and O–H groups in total. The second-order valence-electron chi connectivity index (χ2n) is 9.03. The molecule has 0 saturated carbocycles. The van der Waals surface area contributed by atoms with Gasteiger partial charge in [-0.05, 0) is 43.5 Å². The maximum Gasteiger partial charge on any atom is 0.262 e. The van der Waals surface area contributed by atoms with E-state index in [0.29, 0.717) is 37.3 Å². The van der Waals surface area contributed by atoms with Gasteiger partial charge in [0.1, 0.15) is 17.6 Å². The number of nitrogens with one attached hydrogen (secondary N) is 1. The van der Waals surface area contributed by atoms with Crippen LogP contribution in [0.2, 0.25) is 0 Å². The summed E-state index contributed by atoms with van der Waals surface area (Å²) in [7, 11) is 0. The van der Waals surface area contributed by atoms with Crippen LogP contribution < -0.4 is 5.32 Å². The molecule has 2 unspecified atom stereocenters. The Morgan fingerprint density at radius 1 is 1.03 bits per heavy atom. The van der Waals surface area contributed by atoms with Gasteiger partial charge in [0.2, 0.25) is 5.91 Å². The Bertz CT molecular complexity index is 990. The highest BCUT2D eigenvalue weighted by atomic mass is 16.5. The second-order valence-corrected chi connectivity index (χ2v) is 9.03. The van der Waals surface area contributed by atoms with Gasteiger partial charge >= 0.3 is 0 Å². The molecule has 2 aromatic rings. The number of hydrogen-bond donors (Lipinski definition) is 1. The molecule has 8 nitrogen and oxygen atoms in total. The summed E-state index contributed by atoms with van der Waals surface area (Å²) in [6.45, 7) is 8.84. The number of fused-ring (bicyclic) bond motifs is 1. The molecule has 1 fully saturated rings. The summed E-state index contributed by atoms with van der Waals surface area (Å²) in [6, 6.07) is 9.52. The van der Waals surface area contributed by atoms with Gasteiger partial charge in [-0.15, -0.1) is 0 Å². The standard InChI is InChI=1S/C25H31N3O5/c1-16(2)14-20(28-24(30)18-6-4-5-7-19(18)25(28)31)23(29)26-15-21(22-9-8-17(3)33-22)27-10-12-32-13-11-27/h4-9,16,20-21H,10-15H2,1-3H3,(H,26,29). The third kappa shape index (κ3) is 4.86. The third-order valence-corrected chi connectivity index (χ3v) is 6.18. The van der Waals surface area contributed by atoms with Crippen molar-refractivity contribution in [2.75, 3.05) is 32.8 Å². The molecule has 0 spiro atoms. The van der Waals surface area contributed by atoms with Crippen LogP contribution in [0.3, 0.4) is 0 Å². The molecular formula is C25H31N3O5. The van der Waals surface area contributed by atoms with Crippen molar-refractivity contribution in [1.29, 1.82) is 0 Å². The van der Waals surface area contributed by atoms with Crippen LogP contribution in [0.1, 0.15) is 58.5 Å². The lowest BCUT2D eigenvalue weighted by Gasteiger charge is -2.34. The van der Waals surface area contributed by atoms with E-state index in [1.165, 1.54) is 0 Å². The van der Waals surface area contributed by atoms with E-state index >= 15 is 0 Å². The van der Waals surface area contributed by atoms with Crippen LogP contribution in [0, 0.1) is 12.8 Å². The number of aryl methyl sites for hydroxylation is 1. The number of hydrogen-bond acceptors (Lipinski definition) is 6. The van der Waals surface area contributed by atoms with Gasteiger partial charge in [0, 0.05) is 19.6 Å². The first-order chi connectivity index (χ1) is 15.9. The second kappa shape index (κ2) is 9.89. The predicted molar refractivity (Wildman–Crippen MR) is 122 cm³/mol. The van der Waals surface area contributed by atoms with Crippen molar-refractivity contribution in [2.24, 2.45) is 5.92 Å². The van der Waals surface area contributed by atoms with Crippen molar-refractivity contribution >= 4 is 17.7 Å². The zero-order chi connectivity index (χ0) is 23.5. The minimum atomic E-state index is -0.874. The molecular weight excluding hydrogens is 422 g/mol. The summed E-state index contributed by atoms with van der Waals surface area (Å²) in [5.74, 6) is 0.535. The van der Waals surface area contributed by atoms with Crippen molar-refractivity contribution in [3.63, 3.8) is 0 Å². The molecule has 3 amide bonds. The fourth-order valence-corrected chi connectivity index (χ4v) is 4.51. The number of benzene rings is 1. The van der Waals surface area contributed by atoms with Crippen LogP contribution in [0.4, 0.5) is 0 Å². The first kappa shape index (κ1) is 23.2. The van der Waals surface area contributed by atoms with Crippen LogP contribution in [-0.4, -0.2) is 66.4 Å². The molecule has 176 valence electrons. The molecule has 0 radical (unpaired) electrons. The van der Waals surface area contributed by atoms with Gasteiger partial charge in [0.15, 0.2) is 0 Å². The Hall–Kier alpha value is -2.97. The normalized spacial score (nSPS) is 18.5. The van der Waals surface area contributed by atoms with E-state index in [-0.39, 0.29) is 17.9 Å². The van der Waals surface area contributed by atoms with Crippen LogP contribution in [0.15, 0.2) is 40.8 Å². The van der Waals surface area contributed by atoms with E-state index in [2.05, 4.69) is 10.2 Å². The molecule has 2 aliphatic rings. The zero-order valence-electron chi connectivity index (χ0n) is 19.4. The third-order valence-electron chi connectivity index (χ3n) is 6.18. The number of morpholine rings is 1. The van der Waals surface area contributed by atoms with E-state index in [9.17, 15) is 14.4 Å². The molecule has 3 heterocycles. The lowest BCUT2D eigenvalue weighted by Crippen LogP contribution is -2.52. The quantitative estimate of drug-likeness (QED) is 0.618. The van der Waals surface area contributed by atoms with Gasteiger partial charge in [0.25, 0.3) is 11.8 Å². The number of carbonyl (C=O) groups excluding carboxylic acids is 3. The summed E-state index contributed by atoms with van der Waals surface area (Å²) in [4.78, 5) is 42.8. The average molecular weight is 454 g/mol. The summed E-state index contributed by atoms with van der Waals surface area (Å²) in [5, 5.41) is 3.01. The molecule has 1 saturated heterocycles. The van der Waals surface area contributed by atoms with Crippen LogP contribution in [-0.2, 0) is 9.53 Å². The maximum absolute atomic E-state index is 13.4. The average Bonchev–Trinajstić information content (AvgIpc) is 3.34. The highest BCUT2D eigenvalue weighted by Gasteiger charge is 2.43. The zero-order valence-corrected chi connectivity index (χ0v) is 19.4. The van der Waals surface area contributed by atoms with Crippen LogP contribution in [0.5, 0.6) is 0 Å². The molecule has 2 aliphatic heterocycles. The van der Waals surface area contributed by atoms with Crippen molar-refractivity contribution < 1.29 is 23.5 Å². The van der Waals surface area contributed by atoms with E-state index in [1.54, 1.807) is 24.3 Å². The maximum atomic E-state index is 13.4. The minimum absolute atomic E-state index is 0.118. The molecule has 8 heteroatoms. The Kier molecular flexibility index (Phi) is 6.95. The Morgan fingerprint density at radius 3 is 2.21 bits per heavy atom. The number of carbonyl (C=O) groups is 3. The van der Waals surface area contributed by atoms with Gasteiger partial charge in [-0.3, -0.25) is 24.2 Å². The monoisotopic (exact) mass is 453 g/mol. The number of furan rings is 1. The number of ether oxygens (including phenoxy) is 1. The molecule has 0 aliphatic carbocycles. The first-order valence-electron chi connectivity index (χ1n) is 11.5. The fourth-order valence-electron chi connectivity index (χ4n) is 4.51. The molecule has 4 rings (SSSR count). The Labute approximate surface area is 193 Å². The van der Waals surface area contributed by atoms with Crippen LogP contribution >= 0.6 is 0 Å². The smallest absolute Gasteiger partial charge is 0.262 e. The summed E-state index contributed by atoms with van der Waals surface area (Å²) >= 11 is 0. The largest absolute Gasteiger partial charge is 0.465 e. The van der Waals surface area contributed by atoms with E-state index < -0.39 is 17.9 Å². The highest BCUT2D eigenvalue weighted by Crippen LogP contribution is 2.28. The highest BCUT2D eigenvalue weighted by molar-refractivity contribution is 6.22. The summed E-state index contributed by atoms with van der Waals surface area (Å²) in [5.41, 5.74) is 0.697. The topological polar surface area (TPSA) is 92.1 Å². The molecule has 1 aromatic carbocycles. The van der Waals surface area contributed by atoms with Gasteiger partial charge in [-0.2, -0.15) is 0 Å². The number of rotatable bonds is 8. The van der Waals surface area contributed by atoms with Crippen molar-refractivity contribution in [2.45, 2.75) is 39.3 Å². The number of imide groups is 1. The van der Waals surface area contributed by atoms with Crippen molar-refractivity contribution in [3.05, 3.63) is 59.0 Å². The van der Waals surface area contributed by atoms with Gasteiger partial charge in [-0.25, -0.2) is 0 Å².